The molecule has 0 spiro atoms. The molecule has 0 aliphatic rings. The van der Waals surface area contributed by atoms with Gasteiger partial charge in [-0.25, -0.2) is 39.5 Å². The fourth-order valence-electron chi connectivity index (χ4n) is 6.84. The minimum atomic E-state index is -1.84. The molecule has 0 saturated heterocycles. The zero-order valence-corrected chi connectivity index (χ0v) is 59.7. The van der Waals surface area contributed by atoms with Crippen molar-refractivity contribution >= 4 is 53.7 Å². The van der Waals surface area contributed by atoms with Crippen LogP contribution in [-0.4, -0.2) is 199 Å². The van der Waals surface area contributed by atoms with E-state index in [0.717, 1.165) is 20.3 Å². The fourth-order valence-corrected chi connectivity index (χ4v) is 6.84. The van der Waals surface area contributed by atoms with Gasteiger partial charge in [-0.05, 0) is 182 Å². The van der Waals surface area contributed by atoms with Gasteiger partial charge in [0, 0.05) is 37.8 Å². The van der Waals surface area contributed by atoms with Crippen molar-refractivity contribution in [2.75, 3.05) is 0 Å². The minimum Gasteiger partial charge on any atom is -0.481 e. The van der Waals surface area contributed by atoms with Crippen LogP contribution in [0.4, 0.5) is 39.5 Å². The summed E-state index contributed by atoms with van der Waals surface area (Å²) in [6.45, 7) is 27.4. The number of carboxylic acids is 9. The molecule has 0 aromatic heterocycles. The van der Waals surface area contributed by atoms with E-state index in [9.17, 15) is 82.7 Å². The van der Waals surface area contributed by atoms with E-state index < -0.39 is 153 Å². The second-order valence-electron chi connectivity index (χ2n) is 28.5. The van der Waals surface area contributed by atoms with Crippen LogP contribution in [0.5, 0.6) is 0 Å². The maximum absolute atomic E-state index is 13.1. The van der Waals surface area contributed by atoms with Crippen molar-refractivity contribution in [3.8, 4) is 0 Å². The first-order valence-corrected chi connectivity index (χ1v) is 30.1. The third-order valence-corrected chi connectivity index (χ3v) is 11.2. The average Bonchev–Trinajstić information content (AvgIpc) is 1.07. The summed E-state index contributed by atoms with van der Waals surface area (Å²) in [5.41, 5.74) is 26.8. The number of hydrogen-bond acceptors (Lipinski definition) is 17. The normalized spacial score (nSPS) is 15.0. The van der Waals surface area contributed by atoms with E-state index in [2.05, 4.69) is 0 Å². The molecule has 0 fully saturated rings. The third kappa shape index (κ3) is 97.0. The van der Waals surface area contributed by atoms with Crippen LogP contribution >= 0.6 is 0 Å². The molecule has 0 aromatic carbocycles. The highest BCUT2D eigenvalue weighted by Crippen LogP contribution is 2.26. The highest BCUT2D eigenvalue weighted by molar-refractivity contribution is 5.78. The summed E-state index contributed by atoms with van der Waals surface area (Å²) < 4.78 is 115. The van der Waals surface area contributed by atoms with Crippen molar-refractivity contribution in [3.05, 3.63) is 0 Å². The zero-order valence-electron chi connectivity index (χ0n) is 59.7. The van der Waals surface area contributed by atoms with Gasteiger partial charge in [-0.3, -0.25) is 43.2 Å². The first kappa shape index (κ1) is 109. The monoisotopic (exact) mass is 1420 g/mol. The molecule has 0 rings (SSSR count). The first-order valence-electron chi connectivity index (χ1n) is 30.1. The molecular weight excluding hydrogens is 1300 g/mol. The Labute approximate surface area is 559 Å². The van der Waals surface area contributed by atoms with Crippen LogP contribution in [0.25, 0.3) is 0 Å². The van der Waals surface area contributed by atoms with Crippen LogP contribution in [0.1, 0.15) is 228 Å². The molecule has 576 valence electrons. The average molecular weight is 1430 g/mol. The zero-order chi connectivity index (χ0) is 79.7. The maximum atomic E-state index is 13.1. The summed E-state index contributed by atoms with van der Waals surface area (Å²) in [5, 5.41) is 74.9. The maximum Gasteiger partial charge on any atom is 0.323 e. The number of halogens is 9. The summed E-state index contributed by atoms with van der Waals surface area (Å²) in [6, 6.07) is -6.69. The number of rotatable bonds is 32. The highest BCUT2D eigenvalue weighted by Gasteiger charge is 2.36. The number of carbonyl (C=O) groups is 9. The van der Waals surface area contributed by atoms with Crippen LogP contribution in [0.15, 0.2) is 0 Å². The predicted molar refractivity (Wildman–Crippen MR) is 348 cm³/mol. The second-order valence-corrected chi connectivity index (χ2v) is 28.5. The van der Waals surface area contributed by atoms with Crippen molar-refractivity contribution in [1.29, 1.82) is 0 Å². The van der Waals surface area contributed by atoms with Crippen LogP contribution < -0.4 is 45.9 Å². The van der Waals surface area contributed by atoms with Gasteiger partial charge in [-0.1, -0.05) is 13.3 Å². The number of carboxylic acid groups (broad SMARTS) is 9. The van der Waals surface area contributed by atoms with Gasteiger partial charge in [0.2, 0.25) is 0 Å². The molecule has 9 unspecified atom stereocenters. The van der Waals surface area contributed by atoms with Crippen LogP contribution in [0.2, 0.25) is 0 Å². The summed E-state index contributed by atoms with van der Waals surface area (Å²) in [7, 11) is 0. The molecule has 0 amide bonds. The molecule has 35 heteroatoms. The fraction of sp³-hybridized carbons (Fsp3) is 0.852. The van der Waals surface area contributed by atoms with Crippen molar-refractivity contribution in [3.63, 3.8) is 0 Å². The Bertz CT molecular complexity index is 2120. The summed E-state index contributed by atoms with van der Waals surface area (Å²) in [4.78, 5) is 91.4. The smallest absolute Gasteiger partial charge is 0.323 e. The Morgan fingerprint density at radius 1 is 0.333 bits per heavy atom. The highest BCUT2D eigenvalue weighted by atomic mass is 19.2. The Kier molecular flexibility index (Phi) is 55.5. The lowest BCUT2D eigenvalue weighted by molar-refractivity contribution is -0.144. The molecule has 26 nitrogen and oxygen atoms in total. The molecule has 0 bridgehead atoms. The van der Waals surface area contributed by atoms with E-state index in [4.69, 9.17) is 91.8 Å². The van der Waals surface area contributed by atoms with Gasteiger partial charge >= 0.3 is 53.7 Å². The molecule has 96 heavy (non-hydrogen) atoms. The van der Waals surface area contributed by atoms with Crippen molar-refractivity contribution in [2.45, 2.75) is 327 Å². The molecular formula is C61H121F9N8O18. The van der Waals surface area contributed by atoms with Crippen molar-refractivity contribution in [2.24, 2.45) is 51.8 Å². The molecule has 9 atom stereocenters. The lowest BCUT2D eigenvalue weighted by atomic mass is 9.90. The van der Waals surface area contributed by atoms with Crippen LogP contribution in [0.3, 0.4) is 0 Å². The van der Waals surface area contributed by atoms with Crippen LogP contribution in [-0.2, 0) is 43.2 Å². The SMILES string of the molecule is CC(C)(F)C(N)C(=O)O.CC(C)(F)CC(C)(N)C(=O)O.CC(C)(F)CC(N)C(=O)O.CC(C)(F)CC(N)C(=O)O.CC(C)(F)CC(N)CC(=O)O.CC(C)(F)CC(N)CC(=O)O.CC(C)(F)CCC(N)C(=O)O.CC(C)(F)CCC(N)C(=O)O.CCC(CC(=O)O)CC(C)(C)F. The standard InChI is InChI=1S/C9H17FO2.5C7H14FNO2.2C6H12FNO2.C5H10FNO2/c1-4-7(5-8(11)12)6-9(2,3)10;1-6(2,8)4-7(3,9)5(10)11;2*1-7(2,8)4-5(9)3-6(10)11;2*1-7(2,8)4-3-5(9)6(10)11;2*1-6(2,7)3-4(8)5(9)10;1-5(2,6)3(7)4(8)9/h7H,4-6H2,1-3H3,(H,11,12);4,9H2,1-3H3,(H,10,11);4*5H,3-4,9H2,1-2H3,(H,10,11);2*4H,3,8H2,1-2H3,(H,9,10);3H,7H2,1-2H3,(H,8,9). The summed E-state index contributed by atoms with van der Waals surface area (Å²) >= 11 is 0. The third-order valence-electron chi connectivity index (χ3n) is 11.2. The predicted octanol–water partition coefficient (Wildman–Crippen LogP) is 8.48. The minimum absolute atomic E-state index is 0.0394. The van der Waals surface area contributed by atoms with Gasteiger partial charge in [0.15, 0.2) is 0 Å². The van der Waals surface area contributed by atoms with Crippen LogP contribution in [0, 0.1) is 5.92 Å². The Hall–Kier alpha value is -5.72. The number of alkyl halides is 9. The topological polar surface area (TPSA) is 544 Å². The molecule has 0 saturated carbocycles. The molecule has 0 aliphatic carbocycles. The first-order chi connectivity index (χ1) is 41.8. The molecule has 0 aromatic rings. The van der Waals surface area contributed by atoms with E-state index in [1.165, 1.54) is 118 Å². The number of nitrogens with two attached hydrogens (primary N) is 8. The Balaban J connectivity index is -0.000000127. The van der Waals surface area contributed by atoms with E-state index in [0.29, 0.717) is 6.42 Å². The molecule has 25 N–H and O–H groups in total. The van der Waals surface area contributed by atoms with Gasteiger partial charge in [0.05, 0.1) is 12.8 Å². The van der Waals surface area contributed by atoms with E-state index in [1.807, 2.05) is 6.92 Å². The van der Waals surface area contributed by atoms with E-state index in [-0.39, 0.29) is 83.0 Å². The van der Waals surface area contributed by atoms with Gasteiger partial charge in [0.25, 0.3) is 0 Å². The largest absolute Gasteiger partial charge is 0.481 e. The number of aliphatic carboxylic acids is 9. The Morgan fingerprint density at radius 3 is 0.688 bits per heavy atom. The number of hydrogen-bond donors (Lipinski definition) is 17. The molecule has 0 heterocycles. The van der Waals surface area contributed by atoms with E-state index >= 15 is 0 Å². The second kappa shape index (κ2) is 48.9. The van der Waals surface area contributed by atoms with Crippen molar-refractivity contribution in [1.82, 2.24) is 0 Å². The lowest BCUT2D eigenvalue weighted by Gasteiger charge is -2.25. The van der Waals surface area contributed by atoms with Gasteiger partial charge in [0.1, 0.15) is 86.8 Å². The molecule has 0 aliphatic heterocycles. The summed E-state index contributed by atoms with van der Waals surface area (Å²) in [6.07, 6.45) is 1.18. The molecule has 0 radical (unpaired) electrons. The van der Waals surface area contributed by atoms with Gasteiger partial charge < -0.3 is 91.8 Å². The summed E-state index contributed by atoms with van der Waals surface area (Å²) in [5.74, 6) is -9.82. The van der Waals surface area contributed by atoms with E-state index in [1.54, 1.807) is 0 Å². The van der Waals surface area contributed by atoms with Gasteiger partial charge in [-0.15, -0.1) is 0 Å². The van der Waals surface area contributed by atoms with Gasteiger partial charge in [-0.2, -0.15) is 0 Å². The van der Waals surface area contributed by atoms with Crippen molar-refractivity contribution < 1.29 is 129 Å². The lowest BCUT2D eigenvalue weighted by Crippen LogP contribution is -2.48. The Morgan fingerprint density at radius 2 is 0.573 bits per heavy atom. The quantitative estimate of drug-likeness (QED) is 0.0281.